The summed E-state index contributed by atoms with van der Waals surface area (Å²) in [5.74, 6) is 0.727. The molecule has 1 aliphatic heterocycles. The molecule has 0 aliphatic carbocycles. The number of hydrogen-bond donors (Lipinski definition) is 1. The molecule has 1 aromatic heterocycles. The van der Waals surface area contributed by atoms with Crippen LogP contribution in [-0.4, -0.2) is 22.8 Å². The molecule has 0 unspecified atom stereocenters. The Morgan fingerprint density at radius 2 is 2.29 bits per heavy atom. The number of nitrogens with one attached hydrogen (secondary N) is 1. The first-order chi connectivity index (χ1) is 6.75. The quantitative estimate of drug-likeness (QED) is 0.762. The van der Waals surface area contributed by atoms with Gasteiger partial charge in [-0.2, -0.15) is 0 Å². The van der Waals surface area contributed by atoms with Gasteiger partial charge in [0.1, 0.15) is 0 Å². The number of ether oxygens (including phenoxy) is 1. The highest BCUT2D eigenvalue weighted by molar-refractivity contribution is 7.71. The van der Waals surface area contributed by atoms with E-state index in [1.165, 1.54) is 0 Å². The van der Waals surface area contributed by atoms with Gasteiger partial charge in [0.2, 0.25) is 0 Å². The Hall–Kier alpha value is -0.610. The predicted molar refractivity (Wildman–Crippen MR) is 57.9 cm³/mol. The van der Waals surface area contributed by atoms with Gasteiger partial charge < -0.3 is 14.3 Å². The molecule has 3 nitrogen and oxygen atoms in total. The molecule has 1 aromatic rings. The predicted octanol–water partition coefficient (Wildman–Crippen LogP) is 2.28. The van der Waals surface area contributed by atoms with Gasteiger partial charge in [-0.1, -0.05) is 0 Å². The van der Waals surface area contributed by atoms with Gasteiger partial charge in [0.05, 0.1) is 0 Å². The third-order valence-corrected chi connectivity index (χ3v) is 3.05. The fourth-order valence-corrected chi connectivity index (χ4v) is 2.20. The smallest absolute Gasteiger partial charge is 0.177 e. The maximum atomic E-state index is 5.33. The van der Waals surface area contributed by atoms with E-state index in [1.54, 1.807) is 0 Å². The van der Waals surface area contributed by atoms with Gasteiger partial charge in [0.15, 0.2) is 4.77 Å². The molecule has 0 bridgehead atoms. The van der Waals surface area contributed by atoms with Gasteiger partial charge in [-0.3, -0.25) is 0 Å². The first-order valence-electron chi connectivity index (χ1n) is 5.09. The maximum absolute atomic E-state index is 5.33. The maximum Gasteiger partial charge on any atom is 0.177 e. The molecule has 0 radical (unpaired) electrons. The molecule has 1 fully saturated rings. The summed E-state index contributed by atoms with van der Waals surface area (Å²) in [6.45, 7) is 4.88. The van der Waals surface area contributed by atoms with E-state index in [0.717, 1.165) is 49.0 Å². The third kappa shape index (κ3) is 2.25. The molecule has 1 saturated heterocycles. The molecule has 0 atom stereocenters. The minimum atomic E-state index is 0.727. The van der Waals surface area contributed by atoms with Gasteiger partial charge in [-0.15, -0.1) is 0 Å². The van der Waals surface area contributed by atoms with Crippen molar-refractivity contribution in [1.82, 2.24) is 9.55 Å². The van der Waals surface area contributed by atoms with E-state index < -0.39 is 0 Å². The van der Waals surface area contributed by atoms with E-state index in [0.29, 0.717) is 0 Å². The average Bonchev–Trinajstić information content (AvgIpc) is 2.47. The number of aromatic amines is 1. The lowest BCUT2D eigenvalue weighted by Gasteiger charge is -2.22. The molecule has 0 amide bonds. The van der Waals surface area contributed by atoms with Crippen LogP contribution in [0.2, 0.25) is 0 Å². The number of nitrogens with zero attached hydrogens (tertiary/aromatic N) is 1. The van der Waals surface area contributed by atoms with Crippen molar-refractivity contribution in [2.75, 3.05) is 13.2 Å². The van der Waals surface area contributed by atoms with Crippen LogP contribution in [0, 0.1) is 17.6 Å². The number of rotatable bonds is 2. The lowest BCUT2D eigenvalue weighted by molar-refractivity contribution is 0.0611. The number of hydrogen-bond acceptors (Lipinski definition) is 2. The lowest BCUT2D eigenvalue weighted by atomic mass is 10.0. The molecule has 0 saturated carbocycles. The van der Waals surface area contributed by atoms with Gasteiger partial charge in [-0.25, -0.2) is 0 Å². The molecular weight excluding hydrogens is 196 g/mol. The van der Waals surface area contributed by atoms with E-state index in [-0.39, 0.29) is 0 Å². The van der Waals surface area contributed by atoms with E-state index in [4.69, 9.17) is 17.0 Å². The summed E-state index contributed by atoms with van der Waals surface area (Å²) >= 11 is 5.22. The van der Waals surface area contributed by atoms with Crippen LogP contribution in [0.5, 0.6) is 0 Å². The highest BCUT2D eigenvalue weighted by Crippen LogP contribution is 2.17. The topological polar surface area (TPSA) is 29.9 Å². The fourth-order valence-electron chi connectivity index (χ4n) is 1.91. The molecule has 0 spiro atoms. The van der Waals surface area contributed by atoms with E-state index >= 15 is 0 Å². The second kappa shape index (κ2) is 4.28. The van der Waals surface area contributed by atoms with E-state index in [2.05, 4.69) is 15.7 Å². The van der Waals surface area contributed by atoms with Crippen molar-refractivity contribution in [3.05, 3.63) is 16.7 Å². The van der Waals surface area contributed by atoms with Gasteiger partial charge in [-0.05, 0) is 37.9 Å². The molecule has 78 valence electrons. The Morgan fingerprint density at radius 1 is 1.57 bits per heavy atom. The fraction of sp³-hybridized carbons (Fsp3) is 0.700. The molecule has 14 heavy (non-hydrogen) atoms. The van der Waals surface area contributed by atoms with Crippen molar-refractivity contribution < 1.29 is 4.74 Å². The summed E-state index contributed by atoms with van der Waals surface area (Å²) in [6, 6.07) is 0. The summed E-state index contributed by atoms with van der Waals surface area (Å²) in [4.78, 5) is 3.14. The standard InChI is InChI=1S/C10H16N2OS/c1-8-6-12(10(14)11-8)7-9-2-4-13-5-3-9/h6,9H,2-5,7H2,1H3,(H,11,14). The highest BCUT2D eigenvalue weighted by atomic mass is 32.1. The van der Waals surface area contributed by atoms with Gasteiger partial charge >= 0.3 is 0 Å². The lowest BCUT2D eigenvalue weighted by Crippen LogP contribution is -2.20. The Labute approximate surface area is 89.1 Å². The van der Waals surface area contributed by atoms with Crippen molar-refractivity contribution in [3.63, 3.8) is 0 Å². The molecule has 1 aliphatic rings. The third-order valence-electron chi connectivity index (χ3n) is 2.71. The number of aryl methyl sites for hydroxylation is 1. The van der Waals surface area contributed by atoms with Crippen LogP contribution < -0.4 is 0 Å². The summed E-state index contributed by atoms with van der Waals surface area (Å²) in [7, 11) is 0. The zero-order chi connectivity index (χ0) is 9.97. The Balaban J connectivity index is 2.02. The Kier molecular flexibility index (Phi) is 3.03. The summed E-state index contributed by atoms with van der Waals surface area (Å²) in [6.07, 6.45) is 4.41. The summed E-state index contributed by atoms with van der Waals surface area (Å²) in [5.41, 5.74) is 1.14. The van der Waals surface area contributed by atoms with Crippen LogP contribution in [0.4, 0.5) is 0 Å². The second-order valence-corrected chi connectivity index (χ2v) is 4.34. The summed E-state index contributed by atoms with van der Waals surface area (Å²) in [5, 5.41) is 0. The first kappa shape index (κ1) is 9.93. The Morgan fingerprint density at radius 3 is 2.86 bits per heavy atom. The molecule has 4 heteroatoms. The normalized spacial score (nSPS) is 18.6. The van der Waals surface area contributed by atoms with Crippen LogP contribution in [0.3, 0.4) is 0 Å². The van der Waals surface area contributed by atoms with Crippen molar-refractivity contribution in [1.29, 1.82) is 0 Å². The van der Waals surface area contributed by atoms with Crippen LogP contribution in [0.25, 0.3) is 0 Å². The zero-order valence-electron chi connectivity index (χ0n) is 8.45. The highest BCUT2D eigenvalue weighted by Gasteiger charge is 2.14. The van der Waals surface area contributed by atoms with Crippen LogP contribution in [0.15, 0.2) is 6.20 Å². The summed E-state index contributed by atoms with van der Waals surface area (Å²) < 4.78 is 8.31. The van der Waals surface area contributed by atoms with E-state index in [1.807, 2.05) is 6.92 Å². The number of H-pyrrole nitrogens is 1. The number of aromatic nitrogens is 2. The molecule has 2 heterocycles. The van der Waals surface area contributed by atoms with Gasteiger partial charge in [0, 0.05) is 31.6 Å². The molecule has 2 rings (SSSR count). The van der Waals surface area contributed by atoms with Crippen LogP contribution >= 0.6 is 12.2 Å². The van der Waals surface area contributed by atoms with Crippen LogP contribution in [-0.2, 0) is 11.3 Å². The van der Waals surface area contributed by atoms with Crippen molar-refractivity contribution in [3.8, 4) is 0 Å². The second-order valence-electron chi connectivity index (χ2n) is 3.95. The van der Waals surface area contributed by atoms with E-state index in [9.17, 15) is 0 Å². The SMILES string of the molecule is Cc1cn(CC2CCOCC2)c(=S)[nH]1. The molecule has 1 N–H and O–H groups in total. The molecular formula is C10H16N2OS. The monoisotopic (exact) mass is 212 g/mol. The average molecular weight is 212 g/mol. The van der Waals surface area contributed by atoms with Crippen LogP contribution in [0.1, 0.15) is 18.5 Å². The largest absolute Gasteiger partial charge is 0.381 e. The minimum absolute atomic E-state index is 0.727. The molecule has 0 aromatic carbocycles. The Bertz CT molecular complexity index is 349. The zero-order valence-corrected chi connectivity index (χ0v) is 9.27. The minimum Gasteiger partial charge on any atom is -0.381 e. The van der Waals surface area contributed by atoms with Crippen molar-refractivity contribution in [2.45, 2.75) is 26.3 Å². The number of imidazole rings is 1. The van der Waals surface area contributed by atoms with Crippen molar-refractivity contribution in [2.24, 2.45) is 5.92 Å². The van der Waals surface area contributed by atoms with Crippen molar-refractivity contribution >= 4 is 12.2 Å². The van der Waals surface area contributed by atoms with Gasteiger partial charge in [0.25, 0.3) is 0 Å². The first-order valence-corrected chi connectivity index (χ1v) is 5.50.